The van der Waals surface area contributed by atoms with Gasteiger partial charge in [0.25, 0.3) is 0 Å². The molecule has 0 bridgehead atoms. The zero-order chi connectivity index (χ0) is 12.3. The number of aliphatic carboxylic acids is 1. The van der Waals surface area contributed by atoms with Crippen molar-refractivity contribution in [2.45, 2.75) is 26.3 Å². The fraction of sp³-hybridized carbons (Fsp3) is 0.778. The highest BCUT2D eigenvalue weighted by Gasteiger charge is 2.24. The van der Waals surface area contributed by atoms with Gasteiger partial charge in [-0.3, -0.25) is 0 Å². The number of nitrogens with one attached hydrogen (secondary N) is 2. The molecular weight excluding hydrogens is 198 g/mol. The lowest BCUT2D eigenvalue weighted by molar-refractivity contribution is -0.917. The second-order valence-corrected chi connectivity index (χ2v) is 5.05. The molecule has 6 nitrogen and oxygen atoms in total. The van der Waals surface area contributed by atoms with E-state index in [4.69, 9.17) is 5.11 Å². The van der Waals surface area contributed by atoms with Gasteiger partial charge in [0.2, 0.25) is 0 Å². The van der Waals surface area contributed by atoms with Crippen LogP contribution in [-0.2, 0) is 4.79 Å². The van der Waals surface area contributed by atoms with Gasteiger partial charge in [-0.2, -0.15) is 5.43 Å². The van der Waals surface area contributed by atoms with Crippen LogP contribution in [0.1, 0.15) is 20.8 Å². The number of carbonyl (C=O) groups excluding carboxylic acids is 1. The number of amides is 2. The van der Waals surface area contributed by atoms with E-state index < -0.39 is 5.97 Å². The maximum atomic E-state index is 11.4. The van der Waals surface area contributed by atoms with Crippen molar-refractivity contribution in [3.63, 3.8) is 0 Å². The molecule has 0 aliphatic rings. The number of hydrogen-bond donors (Lipinski definition) is 3. The Morgan fingerprint density at radius 2 is 1.73 bits per heavy atom. The Morgan fingerprint density at radius 3 is 2.07 bits per heavy atom. The van der Waals surface area contributed by atoms with E-state index in [1.54, 1.807) is 14.1 Å². The molecule has 0 saturated carbocycles. The van der Waals surface area contributed by atoms with Gasteiger partial charge < -0.3 is 10.4 Å². The van der Waals surface area contributed by atoms with Gasteiger partial charge in [0, 0.05) is 5.54 Å². The summed E-state index contributed by atoms with van der Waals surface area (Å²) in [4.78, 5) is 21.9. The van der Waals surface area contributed by atoms with Crippen LogP contribution in [0, 0.1) is 0 Å². The molecule has 0 aliphatic heterocycles. The minimum atomic E-state index is -0.962. The minimum absolute atomic E-state index is 0.1000. The Balaban J connectivity index is 4.22. The quantitative estimate of drug-likeness (QED) is 0.466. The molecule has 88 valence electrons. The Hall–Kier alpha value is -1.30. The Bertz CT molecular complexity index is 256. The van der Waals surface area contributed by atoms with Crippen LogP contribution in [0.15, 0.2) is 0 Å². The first-order chi connectivity index (χ1) is 6.52. The second kappa shape index (κ2) is 4.48. The largest absolute Gasteiger partial charge is 0.477 e. The van der Waals surface area contributed by atoms with Crippen LogP contribution in [0.2, 0.25) is 0 Å². The zero-order valence-corrected chi connectivity index (χ0v) is 9.92. The van der Waals surface area contributed by atoms with Gasteiger partial charge in [-0.15, -0.1) is 0 Å². The average molecular weight is 218 g/mol. The summed E-state index contributed by atoms with van der Waals surface area (Å²) >= 11 is 0. The number of hydrogen-bond acceptors (Lipinski definition) is 2. The monoisotopic (exact) mass is 218 g/mol. The third kappa shape index (κ3) is 7.75. The molecule has 0 radical (unpaired) electrons. The van der Waals surface area contributed by atoms with E-state index >= 15 is 0 Å². The molecule has 0 saturated heterocycles. The summed E-state index contributed by atoms with van der Waals surface area (Å²) in [5, 5.41) is 11.3. The van der Waals surface area contributed by atoms with Crippen LogP contribution in [0.5, 0.6) is 0 Å². The van der Waals surface area contributed by atoms with Gasteiger partial charge in [0.05, 0.1) is 14.1 Å². The maximum Gasteiger partial charge on any atom is 0.361 e. The standard InChI is InChI=1S/C9H19N3O3/c1-9(2,3)10-8(15)11-12(4,5)6-7(13)14/h6H2,1-5H3,(H2-,10,11,13,14,15)/p+1. The van der Waals surface area contributed by atoms with E-state index in [2.05, 4.69) is 10.7 Å². The summed E-state index contributed by atoms with van der Waals surface area (Å²) in [7, 11) is 3.22. The van der Waals surface area contributed by atoms with Crippen molar-refractivity contribution in [2.24, 2.45) is 0 Å². The van der Waals surface area contributed by atoms with Crippen LogP contribution >= 0.6 is 0 Å². The molecule has 0 heterocycles. The van der Waals surface area contributed by atoms with Crippen molar-refractivity contribution < 1.29 is 19.3 Å². The molecule has 0 aliphatic carbocycles. The first-order valence-corrected chi connectivity index (χ1v) is 4.67. The van der Waals surface area contributed by atoms with Crippen molar-refractivity contribution in [1.29, 1.82) is 0 Å². The van der Waals surface area contributed by atoms with Gasteiger partial charge in [0.15, 0.2) is 6.54 Å². The molecule has 0 atom stereocenters. The van der Waals surface area contributed by atoms with Crippen molar-refractivity contribution in [3.8, 4) is 0 Å². The molecule has 2 amide bonds. The number of carboxylic acids is 1. The molecule has 0 aromatic carbocycles. The van der Waals surface area contributed by atoms with Crippen LogP contribution in [0.4, 0.5) is 4.79 Å². The van der Waals surface area contributed by atoms with E-state index in [1.165, 1.54) is 0 Å². The summed E-state index contributed by atoms with van der Waals surface area (Å²) < 4.78 is -0.1000. The number of carboxylic acid groups (broad SMARTS) is 1. The van der Waals surface area contributed by atoms with Crippen molar-refractivity contribution in [3.05, 3.63) is 0 Å². The van der Waals surface area contributed by atoms with E-state index in [0.717, 1.165) is 0 Å². The lowest BCUT2D eigenvalue weighted by atomic mass is 10.1. The molecule has 0 aromatic heterocycles. The Kier molecular flexibility index (Phi) is 4.09. The topological polar surface area (TPSA) is 78.4 Å². The number of rotatable bonds is 3. The summed E-state index contributed by atoms with van der Waals surface area (Å²) in [5.41, 5.74) is 2.21. The van der Waals surface area contributed by atoms with E-state index in [0.29, 0.717) is 0 Å². The van der Waals surface area contributed by atoms with Gasteiger partial charge in [-0.05, 0) is 20.8 Å². The lowest BCUT2D eigenvalue weighted by Crippen LogP contribution is -2.61. The summed E-state index contributed by atoms with van der Waals surface area (Å²) in [6.07, 6.45) is 0. The average Bonchev–Trinajstić information content (AvgIpc) is 1.73. The summed E-state index contributed by atoms with van der Waals surface area (Å²) in [6.45, 7) is 5.38. The zero-order valence-electron chi connectivity index (χ0n) is 9.92. The summed E-state index contributed by atoms with van der Waals surface area (Å²) in [5.74, 6) is -0.962. The number of carbonyl (C=O) groups is 2. The van der Waals surface area contributed by atoms with Gasteiger partial charge in [-0.25, -0.2) is 14.2 Å². The highest BCUT2D eigenvalue weighted by molar-refractivity contribution is 5.74. The van der Waals surface area contributed by atoms with Gasteiger partial charge in [0.1, 0.15) is 0 Å². The fourth-order valence-electron chi connectivity index (χ4n) is 1.02. The molecule has 0 unspecified atom stereocenters. The summed E-state index contributed by atoms with van der Waals surface area (Å²) in [6, 6.07) is -0.381. The number of nitrogens with zero attached hydrogens (tertiary/aromatic N) is 1. The highest BCUT2D eigenvalue weighted by Crippen LogP contribution is 1.98. The Labute approximate surface area is 89.8 Å². The first kappa shape index (κ1) is 13.7. The van der Waals surface area contributed by atoms with E-state index in [-0.39, 0.29) is 22.7 Å². The number of likely N-dealkylation sites (N-methyl/N-ethyl adjacent to an activating group) is 1. The molecule has 3 N–H and O–H groups in total. The van der Waals surface area contributed by atoms with Crippen molar-refractivity contribution in [2.75, 3.05) is 20.6 Å². The normalized spacial score (nSPS) is 12.1. The number of quaternary nitrogens is 1. The molecule has 15 heavy (non-hydrogen) atoms. The van der Waals surface area contributed by atoms with Gasteiger partial charge >= 0.3 is 12.0 Å². The lowest BCUT2D eigenvalue weighted by Gasteiger charge is -2.29. The molecule has 0 aromatic rings. The predicted octanol–water partition coefficient (Wildman–Crippen LogP) is 0.160. The van der Waals surface area contributed by atoms with Gasteiger partial charge in [-0.1, -0.05) is 0 Å². The molecule has 0 spiro atoms. The van der Waals surface area contributed by atoms with E-state index in [1.807, 2.05) is 20.8 Å². The third-order valence-corrected chi connectivity index (χ3v) is 1.42. The Morgan fingerprint density at radius 1 is 1.27 bits per heavy atom. The van der Waals surface area contributed by atoms with Crippen molar-refractivity contribution >= 4 is 12.0 Å². The molecule has 6 heteroatoms. The second-order valence-electron chi connectivity index (χ2n) is 5.05. The maximum absolute atomic E-state index is 11.4. The van der Waals surface area contributed by atoms with E-state index in [9.17, 15) is 9.59 Å². The molecule has 0 fully saturated rings. The van der Waals surface area contributed by atoms with Crippen LogP contribution in [0.3, 0.4) is 0 Å². The number of urea groups is 1. The SMILES string of the molecule is CC(C)(C)NC(=O)N[N+](C)(C)CC(=O)O. The van der Waals surface area contributed by atoms with Crippen molar-refractivity contribution in [1.82, 2.24) is 10.7 Å². The molecule has 0 rings (SSSR count). The van der Waals surface area contributed by atoms with Crippen LogP contribution in [-0.4, -0.2) is 47.9 Å². The highest BCUT2D eigenvalue weighted by atomic mass is 16.4. The van der Waals surface area contributed by atoms with Crippen LogP contribution < -0.4 is 10.7 Å². The predicted molar refractivity (Wildman–Crippen MR) is 56.0 cm³/mol. The third-order valence-electron chi connectivity index (χ3n) is 1.42. The smallest absolute Gasteiger partial charge is 0.361 e. The minimum Gasteiger partial charge on any atom is -0.477 e. The first-order valence-electron chi connectivity index (χ1n) is 4.67. The fourth-order valence-corrected chi connectivity index (χ4v) is 1.02. The van der Waals surface area contributed by atoms with Crippen LogP contribution in [0.25, 0.3) is 0 Å². The molecular formula is C9H20N3O3+.